The van der Waals surface area contributed by atoms with E-state index in [4.69, 9.17) is 0 Å². The third-order valence-corrected chi connectivity index (χ3v) is 6.98. The highest BCUT2D eigenvalue weighted by molar-refractivity contribution is 5.80. The fourth-order valence-electron chi connectivity index (χ4n) is 5.42. The molecule has 2 fully saturated rings. The van der Waals surface area contributed by atoms with Gasteiger partial charge in [0.05, 0.1) is 12.0 Å². The topological polar surface area (TPSA) is 87.5 Å². The molecule has 7 nitrogen and oxygen atoms in total. The van der Waals surface area contributed by atoms with E-state index in [1.807, 2.05) is 35.8 Å². The minimum atomic E-state index is -0.348. The molecule has 1 saturated carbocycles. The van der Waals surface area contributed by atoms with Gasteiger partial charge in [-0.25, -0.2) is 0 Å². The average Bonchev–Trinajstić information content (AvgIpc) is 3.54. The summed E-state index contributed by atoms with van der Waals surface area (Å²) in [4.78, 5) is 32.9. The molecule has 0 radical (unpaired) electrons. The lowest BCUT2D eigenvalue weighted by Crippen LogP contribution is -2.47. The van der Waals surface area contributed by atoms with Crippen LogP contribution in [0.2, 0.25) is 0 Å². The molecule has 2 aromatic heterocycles. The van der Waals surface area contributed by atoms with E-state index in [-0.39, 0.29) is 42.0 Å². The number of aliphatic hydroxyl groups excluding tert-OH is 1. The normalized spacial score (nSPS) is 27.7. The summed E-state index contributed by atoms with van der Waals surface area (Å²) in [6.45, 7) is 3.86. The summed E-state index contributed by atoms with van der Waals surface area (Å²) >= 11 is 0. The van der Waals surface area contributed by atoms with Crippen LogP contribution in [-0.4, -0.2) is 51.2 Å². The molecule has 30 heavy (non-hydrogen) atoms. The number of aliphatic hydroxyl groups is 1. The molecule has 4 heterocycles. The largest absolute Gasteiger partial charge is 0.396 e. The lowest BCUT2D eigenvalue weighted by molar-refractivity contribution is -0.127. The summed E-state index contributed by atoms with van der Waals surface area (Å²) in [6, 6.07) is 7.38. The molecule has 0 aromatic carbocycles. The van der Waals surface area contributed by atoms with Crippen LogP contribution >= 0.6 is 0 Å². The van der Waals surface area contributed by atoms with Gasteiger partial charge in [-0.2, -0.15) is 0 Å². The van der Waals surface area contributed by atoms with Gasteiger partial charge >= 0.3 is 0 Å². The average molecular weight is 409 g/mol. The van der Waals surface area contributed by atoms with Crippen LogP contribution in [0.3, 0.4) is 0 Å². The van der Waals surface area contributed by atoms with Gasteiger partial charge in [0.15, 0.2) is 0 Å². The van der Waals surface area contributed by atoms with E-state index in [1.165, 1.54) is 12.8 Å². The van der Waals surface area contributed by atoms with Gasteiger partial charge in [0.2, 0.25) is 5.91 Å². The van der Waals surface area contributed by atoms with E-state index in [0.29, 0.717) is 24.6 Å². The number of carbonyl (C=O) groups excluding carboxylic acids is 1. The van der Waals surface area contributed by atoms with Crippen LogP contribution in [0.15, 0.2) is 41.5 Å². The molecule has 1 amide bonds. The molecule has 0 spiro atoms. The molecule has 4 atom stereocenters. The Hall–Kier alpha value is -2.51. The number of rotatable bonds is 6. The summed E-state index contributed by atoms with van der Waals surface area (Å²) < 4.78 is 1.84. The number of amides is 1. The molecule has 5 rings (SSSR count). The molecule has 1 saturated heterocycles. The highest BCUT2D eigenvalue weighted by Crippen LogP contribution is 2.50. The summed E-state index contributed by atoms with van der Waals surface area (Å²) in [5.74, 6) is 0.114. The summed E-state index contributed by atoms with van der Waals surface area (Å²) in [7, 11) is 0. The van der Waals surface area contributed by atoms with Crippen molar-refractivity contribution in [2.75, 3.05) is 19.7 Å². The number of nitrogens with zero attached hydrogens (tertiary/aromatic N) is 3. The molecule has 0 unspecified atom stereocenters. The second-order valence-corrected chi connectivity index (χ2v) is 8.74. The quantitative estimate of drug-likeness (QED) is 0.755. The Morgan fingerprint density at radius 3 is 2.67 bits per heavy atom. The van der Waals surface area contributed by atoms with Gasteiger partial charge in [0.1, 0.15) is 0 Å². The highest BCUT2D eigenvalue weighted by Gasteiger charge is 2.56. The number of carbonyl (C=O) groups is 1. The van der Waals surface area contributed by atoms with Crippen molar-refractivity contribution < 1.29 is 9.90 Å². The van der Waals surface area contributed by atoms with Crippen molar-refractivity contribution >= 4 is 5.91 Å². The zero-order chi connectivity index (χ0) is 20.8. The molecule has 158 valence electrons. The second kappa shape index (κ2) is 7.63. The van der Waals surface area contributed by atoms with Gasteiger partial charge in [0, 0.05) is 61.9 Å². The highest BCUT2D eigenvalue weighted by atomic mass is 16.3. The van der Waals surface area contributed by atoms with Crippen molar-refractivity contribution in [3.63, 3.8) is 0 Å². The van der Waals surface area contributed by atoms with Crippen molar-refractivity contribution in [1.29, 1.82) is 0 Å². The fraction of sp³-hybridized carbons (Fsp3) is 0.522. The van der Waals surface area contributed by atoms with Gasteiger partial charge < -0.3 is 15.0 Å². The third kappa shape index (κ3) is 3.08. The fourth-order valence-corrected chi connectivity index (χ4v) is 5.42. The monoisotopic (exact) mass is 408 g/mol. The maximum absolute atomic E-state index is 13.4. The number of hydrogen-bond acceptors (Lipinski definition) is 5. The zero-order valence-corrected chi connectivity index (χ0v) is 17.2. The van der Waals surface area contributed by atoms with Gasteiger partial charge in [-0.3, -0.25) is 19.5 Å². The minimum absolute atomic E-state index is 0.00824. The standard InChI is InChI=1S/C23H28N4O3/c1-2-25-22(29)20-17(13-28)19-12-27-18(21(20)26(19)11-14-3-4-14)6-5-16(23(27)30)15-7-9-24-10-8-15/h5-10,14,17,19-21,28H,2-4,11-13H2,1H3,(H,25,29)/t17-,19-,20+,21+/m0/s1. The lowest BCUT2D eigenvalue weighted by Gasteiger charge is -2.38. The molecule has 3 aliphatic rings. The number of aromatic nitrogens is 2. The van der Waals surface area contributed by atoms with Gasteiger partial charge in [-0.05, 0) is 55.5 Å². The van der Waals surface area contributed by atoms with Gasteiger partial charge in [0.25, 0.3) is 5.56 Å². The Kier molecular flexibility index (Phi) is 4.95. The predicted octanol–water partition coefficient (Wildman–Crippen LogP) is 1.42. The van der Waals surface area contributed by atoms with E-state index in [0.717, 1.165) is 17.8 Å². The van der Waals surface area contributed by atoms with Gasteiger partial charge in [-0.15, -0.1) is 0 Å². The van der Waals surface area contributed by atoms with E-state index >= 15 is 0 Å². The minimum Gasteiger partial charge on any atom is -0.396 e. The lowest BCUT2D eigenvalue weighted by atomic mass is 9.86. The van der Waals surface area contributed by atoms with Crippen molar-refractivity contribution in [3.05, 3.63) is 52.7 Å². The van der Waals surface area contributed by atoms with Crippen molar-refractivity contribution in [1.82, 2.24) is 19.8 Å². The Morgan fingerprint density at radius 1 is 1.23 bits per heavy atom. The first-order valence-corrected chi connectivity index (χ1v) is 10.9. The first-order chi connectivity index (χ1) is 14.6. The summed E-state index contributed by atoms with van der Waals surface area (Å²) in [5, 5.41) is 13.2. The van der Waals surface area contributed by atoms with E-state index in [9.17, 15) is 14.7 Å². The van der Waals surface area contributed by atoms with E-state index < -0.39 is 0 Å². The predicted molar refractivity (Wildman–Crippen MR) is 113 cm³/mol. The maximum atomic E-state index is 13.4. The van der Waals surface area contributed by atoms with Crippen LogP contribution in [-0.2, 0) is 11.3 Å². The number of nitrogens with one attached hydrogen (secondary N) is 1. The molecule has 2 N–H and O–H groups in total. The van der Waals surface area contributed by atoms with Crippen LogP contribution in [0.1, 0.15) is 31.5 Å². The first kappa shape index (κ1) is 19.5. The number of pyridine rings is 2. The SMILES string of the molecule is CCNC(=O)[C@@H]1[C@@H](CO)[C@@H]2Cn3c(ccc(-c4ccncc4)c3=O)[C@H]1N2CC1CC1. The first-order valence-electron chi connectivity index (χ1n) is 10.9. The Morgan fingerprint density at radius 2 is 2.00 bits per heavy atom. The maximum Gasteiger partial charge on any atom is 0.258 e. The third-order valence-electron chi connectivity index (χ3n) is 6.98. The zero-order valence-electron chi connectivity index (χ0n) is 17.2. The van der Waals surface area contributed by atoms with Crippen LogP contribution < -0.4 is 10.9 Å². The summed E-state index contributed by atoms with van der Waals surface area (Å²) in [6.07, 6.45) is 5.82. The Bertz CT molecular complexity index is 1000. The van der Waals surface area contributed by atoms with Crippen molar-refractivity contribution in [3.8, 4) is 11.1 Å². The number of fused-ring (bicyclic) bond motifs is 4. The molecule has 2 aliphatic heterocycles. The molecular formula is C23H28N4O3. The number of hydrogen-bond donors (Lipinski definition) is 2. The molecule has 1 aliphatic carbocycles. The van der Waals surface area contributed by atoms with Crippen molar-refractivity contribution in [2.45, 2.75) is 38.4 Å². The molecule has 7 heteroatoms. The smallest absolute Gasteiger partial charge is 0.258 e. The van der Waals surface area contributed by atoms with Crippen LogP contribution in [0.5, 0.6) is 0 Å². The van der Waals surface area contributed by atoms with Crippen LogP contribution in [0.4, 0.5) is 0 Å². The van der Waals surface area contributed by atoms with Crippen molar-refractivity contribution in [2.24, 2.45) is 17.8 Å². The van der Waals surface area contributed by atoms with Crippen LogP contribution in [0.25, 0.3) is 11.1 Å². The van der Waals surface area contributed by atoms with E-state index in [2.05, 4.69) is 15.2 Å². The summed E-state index contributed by atoms with van der Waals surface area (Å²) in [5.41, 5.74) is 2.35. The molecule has 2 aromatic rings. The Labute approximate surface area is 175 Å². The molecular weight excluding hydrogens is 380 g/mol. The van der Waals surface area contributed by atoms with Gasteiger partial charge in [-0.1, -0.05) is 0 Å². The molecule has 2 bridgehead atoms. The van der Waals surface area contributed by atoms with Crippen LogP contribution in [0, 0.1) is 17.8 Å². The van der Waals surface area contributed by atoms with E-state index in [1.54, 1.807) is 12.4 Å². The Balaban J connectivity index is 1.61. The second-order valence-electron chi connectivity index (χ2n) is 8.74.